The number of benzene rings is 1. The number of morpholine rings is 1. The molecule has 2 aliphatic rings. The molecule has 1 atom stereocenters. The van der Waals surface area contributed by atoms with E-state index in [0.29, 0.717) is 25.0 Å². The van der Waals surface area contributed by atoms with Crippen molar-refractivity contribution in [2.24, 2.45) is 0 Å². The van der Waals surface area contributed by atoms with E-state index >= 15 is 0 Å². The van der Waals surface area contributed by atoms with Gasteiger partial charge in [-0.2, -0.15) is 5.10 Å². The second-order valence-corrected chi connectivity index (χ2v) is 9.39. The standard InChI is InChI=1S/C24H32N8O2.C2H4O2/c1-3-26-24(33)28-18-6-4-17(5-7-18)21-29-22(31-12-13-34-16(2)15-31)20-14-27-32(23(20)30-21)19-8-10-25-11-9-19;1-2(3)4/h4-7,14,16,19,25H,3,8-13,15H2,1-2H3,(H2,26,28,33);1H3,(H,3,4). The first kappa shape index (κ1) is 27.3. The molecule has 3 aromatic rings. The zero-order chi connectivity index (χ0) is 27.1. The largest absolute Gasteiger partial charge is 0.481 e. The van der Waals surface area contributed by atoms with Crippen LogP contribution < -0.4 is 20.9 Å². The average molecular weight is 525 g/mol. The maximum atomic E-state index is 11.8. The monoisotopic (exact) mass is 524 g/mol. The maximum Gasteiger partial charge on any atom is 0.319 e. The zero-order valence-corrected chi connectivity index (χ0v) is 22.1. The minimum absolute atomic E-state index is 0.140. The first-order chi connectivity index (χ1) is 18.4. The Bertz CT molecular complexity index is 1240. The third kappa shape index (κ3) is 6.75. The van der Waals surface area contributed by atoms with Gasteiger partial charge in [0.25, 0.3) is 5.97 Å². The van der Waals surface area contributed by atoms with Crippen LogP contribution in [0.15, 0.2) is 30.5 Å². The molecule has 0 aliphatic carbocycles. The van der Waals surface area contributed by atoms with Gasteiger partial charge in [-0.05, 0) is 64.0 Å². The van der Waals surface area contributed by atoms with Gasteiger partial charge >= 0.3 is 6.03 Å². The molecule has 0 bridgehead atoms. The predicted molar refractivity (Wildman–Crippen MR) is 146 cm³/mol. The molecule has 38 heavy (non-hydrogen) atoms. The Hall–Kier alpha value is -3.77. The zero-order valence-electron chi connectivity index (χ0n) is 22.1. The van der Waals surface area contributed by atoms with Crippen LogP contribution in [0.3, 0.4) is 0 Å². The van der Waals surface area contributed by atoms with Crippen molar-refractivity contribution in [3.63, 3.8) is 0 Å². The molecule has 2 amide bonds. The number of carboxylic acid groups (broad SMARTS) is 1. The Balaban J connectivity index is 0.000000786. The number of carboxylic acids is 1. The van der Waals surface area contributed by atoms with E-state index in [1.807, 2.05) is 37.4 Å². The molecule has 2 saturated heterocycles. The van der Waals surface area contributed by atoms with Crippen LogP contribution in [-0.4, -0.2) is 82.3 Å². The van der Waals surface area contributed by atoms with Crippen molar-refractivity contribution in [3.05, 3.63) is 30.5 Å². The minimum Gasteiger partial charge on any atom is -0.481 e. The molecule has 5 rings (SSSR count). The highest BCUT2D eigenvalue weighted by molar-refractivity contribution is 5.90. The van der Waals surface area contributed by atoms with Gasteiger partial charge in [0.1, 0.15) is 5.82 Å². The third-order valence-corrected chi connectivity index (χ3v) is 6.37. The lowest BCUT2D eigenvalue weighted by Gasteiger charge is -2.32. The summed E-state index contributed by atoms with van der Waals surface area (Å²) in [5.41, 5.74) is 2.48. The van der Waals surface area contributed by atoms with Crippen LogP contribution in [0.2, 0.25) is 0 Å². The van der Waals surface area contributed by atoms with Crippen LogP contribution in [0.25, 0.3) is 22.4 Å². The highest BCUT2D eigenvalue weighted by Crippen LogP contribution is 2.32. The Morgan fingerprint density at radius 2 is 1.89 bits per heavy atom. The molecule has 4 N–H and O–H groups in total. The van der Waals surface area contributed by atoms with Crippen LogP contribution in [-0.2, 0) is 9.53 Å². The van der Waals surface area contributed by atoms with Crippen molar-refractivity contribution in [1.29, 1.82) is 0 Å². The summed E-state index contributed by atoms with van der Waals surface area (Å²) in [6.45, 7) is 9.83. The number of carbonyl (C=O) groups is 2. The van der Waals surface area contributed by atoms with Crippen molar-refractivity contribution in [2.45, 2.75) is 45.8 Å². The molecule has 0 spiro atoms. The number of hydrogen-bond acceptors (Lipinski definition) is 8. The maximum absolute atomic E-state index is 11.8. The van der Waals surface area contributed by atoms with Crippen LogP contribution in [0, 0.1) is 0 Å². The molecular weight excluding hydrogens is 488 g/mol. The summed E-state index contributed by atoms with van der Waals surface area (Å²) in [6.07, 6.45) is 4.11. The topological polar surface area (TPSA) is 147 Å². The summed E-state index contributed by atoms with van der Waals surface area (Å²) < 4.78 is 7.85. The van der Waals surface area contributed by atoms with Crippen molar-refractivity contribution in [3.8, 4) is 11.4 Å². The lowest BCUT2D eigenvalue weighted by Crippen LogP contribution is -2.41. The summed E-state index contributed by atoms with van der Waals surface area (Å²) in [4.78, 5) is 33.1. The van der Waals surface area contributed by atoms with E-state index in [2.05, 4.69) is 32.5 Å². The van der Waals surface area contributed by atoms with E-state index in [1.165, 1.54) is 0 Å². The molecule has 2 aliphatic heterocycles. The van der Waals surface area contributed by atoms with Gasteiger partial charge in [0, 0.05) is 37.8 Å². The second-order valence-electron chi connectivity index (χ2n) is 9.39. The molecule has 1 unspecified atom stereocenters. The first-order valence-corrected chi connectivity index (χ1v) is 13.0. The number of fused-ring (bicyclic) bond motifs is 1. The summed E-state index contributed by atoms with van der Waals surface area (Å²) in [5.74, 6) is 0.724. The number of aromatic nitrogens is 4. The number of amides is 2. The smallest absolute Gasteiger partial charge is 0.319 e. The number of urea groups is 1. The third-order valence-electron chi connectivity index (χ3n) is 6.37. The summed E-state index contributed by atoms with van der Waals surface area (Å²) in [5, 5.41) is 22.2. The van der Waals surface area contributed by atoms with Gasteiger partial charge in [-0.25, -0.2) is 19.4 Å². The SMILES string of the molecule is CC(=O)O.CCNC(=O)Nc1ccc(-c2nc(N3CCOC(C)C3)c3cnn(C4CCNCC4)c3n2)cc1. The normalized spacial score (nSPS) is 18.0. The van der Waals surface area contributed by atoms with Gasteiger partial charge in [-0.3, -0.25) is 4.79 Å². The van der Waals surface area contributed by atoms with Gasteiger partial charge in [0.2, 0.25) is 0 Å². The van der Waals surface area contributed by atoms with E-state index in [9.17, 15) is 4.79 Å². The van der Waals surface area contributed by atoms with E-state index in [4.69, 9.17) is 29.7 Å². The molecule has 12 heteroatoms. The molecule has 4 heterocycles. The molecule has 2 fully saturated rings. The lowest BCUT2D eigenvalue weighted by molar-refractivity contribution is -0.134. The van der Waals surface area contributed by atoms with Gasteiger partial charge in [-0.1, -0.05) is 0 Å². The first-order valence-electron chi connectivity index (χ1n) is 13.0. The fourth-order valence-corrected chi connectivity index (χ4v) is 4.65. The van der Waals surface area contributed by atoms with Crippen LogP contribution in [0.1, 0.15) is 39.7 Å². The molecule has 12 nitrogen and oxygen atoms in total. The van der Waals surface area contributed by atoms with Crippen LogP contribution in [0.5, 0.6) is 0 Å². The van der Waals surface area contributed by atoms with Gasteiger partial charge in [0.05, 0.1) is 30.3 Å². The Morgan fingerprint density at radius 3 is 2.55 bits per heavy atom. The van der Waals surface area contributed by atoms with Gasteiger partial charge in [-0.15, -0.1) is 0 Å². The fraction of sp³-hybridized carbons (Fsp3) is 0.500. The number of piperidine rings is 1. The molecule has 204 valence electrons. The van der Waals surface area contributed by atoms with Gasteiger partial charge in [0.15, 0.2) is 11.5 Å². The van der Waals surface area contributed by atoms with Crippen LogP contribution in [0.4, 0.5) is 16.3 Å². The van der Waals surface area contributed by atoms with E-state index in [1.54, 1.807) is 0 Å². The number of nitrogens with one attached hydrogen (secondary N) is 3. The highest BCUT2D eigenvalue weighted by Gasteiger charge is 2.25. The summed E-state index contributed by atoms with van der Waals surface area (Å²) in [6, 6.07) is 7.74. The number of anilines is 2. The second kappa shape index (κ2) is 12.7. The van der Waals surface area contributed by atoms with Crippen LogP contribution >= 0.6 is 0 Å². The van der Waals surface area contributed by atoms with Crippen molar-refractivity contribution in [1.82, 2.24) is 30.4 Å². The summed E-state index contributed by atoms with van der Waals surface area (Å²) in [7, 11) is 0. The quantitative estimate of drug-likeness (QED) is 0.396. The molecule has 0 radical (unpaired) electrons. The average Bonchev–Trinajstić information content (AvgIpc) is 3.33. The van der Waals surface area contributed by atoms with Gasteiger partial charge < -0.3 is 30.7 Å². The number of ether oxygens (including phenoxy) is 1. The number of hydrogen-bond donors (Lipinski definition) is 4. The van der Waals surface area contributed by atoms with Crippen molar-refractivity contribution < 1.29 is 19.4 Å². The fourth-order valence-electron chi connectivity index (χ4n) is 4.65. The number of aliphatic carboxylic acids is 1. The number of nitrogens with zero attached hydrogens (tertiary/aromatic N) is 5. The number of rotatable bonds is 5. The molecular formula is C26H36N8O4. The highest BCUT2D eigenvalue weighted by atomic mass is 16.5. The van der Waals surface area contributed by atoms with E-state index in [0.717, 1.165) is 74.0 Å². The Kier molecular flexibility index (Phi) is 9.08. The predicted octanol–water partition coefficient (Wildman–Crippen LogP) is 2.88. The minimum atomic E-state index is -0.833. The lowest BCUT2D eigenvalue weighted by atomic mass is 10.1. The van der Waals surface area contributed by atoms with E-state index in [-0.39, 0.29) is 12.1 Å². The Morgan fingerprint density at radius 1 is 1.18 bits per heavy atom. The molecule has 0 saturated carbocycles. The van der Waals surface area contributed by atoms with Crippen molar-refractivity contribution >= 4 is 34.5 Å². The summed E-state index contributed by atoms with van der Waals surface area (Å²) >= 11 is 0. The number of carbonyl (C=O) groups excluding carboxylic acids is 1. The molecule has 1 aromatic carbocycles. The molecule has 2 aromatic heterocycles. The Labute approximate surface area is 221 Å². The van der Waals surface area contributed by atoms with Crippen molar-refractivity contribution in [2.75, 3.05) is 49.5 Å². The van der Waals surface area contributed by atoms with E-state index < -0.39 is 5.97 Å².